The van der Waals surface area contributed by atoms with Crippen LogP contribution < -0.4 is 5.32 Å². The molecule has 9 heteroatoms. The number of amides is 1. The van der Waals surface area contributed by atoms with Crippen LogP contribution in [0.1, 0.15) is 20.2 Å². The Morgan fingerprint density at radius 1 is 1.29 bits per heavy atom. The zero-order valence-corrected chi connectivity index (χ0v) is 11.6. The summed E-state index contributed by atoms with van der Waals surface area (Å²) in [6, 6.07) is 6.37. The first kappa shape index (κ1) is 13.2. The van der Waals surface area contributed by atoms with Crippen molar-refractivity contribution >= 4 is 33.9 Å². The third-order valence-corrected chi connectivity index (χ3v) is 3.56. The molecule has 1 aromatic carbocycles. The fourth-order valence-corrected chi connectivity index (χ4v) is 2.36. The van der Waals surface area contributed by atoms with E-state index in [2.05, 4.69) is 25.3 Å². The van der Waals surface area contributed by atoms with Crippen molar-refractivity contribution in [1.29, 1.82) is 0 Å². The molecule has 2 aromatic heterocycles. The second-order valence-corrected chi connectivity index (χ2v) is 4.94. The minimum atomic E-state index is -0.429. The summed E-state index contributed by atoms with van der Waals surface area (Å²) in [5.74, 6) is -0.780. The van der Waals surface area contributed by atoms with Crippen LogP contribution in [0.5, 0.6) is 0 Å². The van der Waals surface area contributed by atoms with Gasteiger partial charge in [-0.1, -0.05) is 11.3 Å². The van der Waals surface area contributed by atoms with Crippen LogP contribution in [0.4, 0.5) is 5.69 Å². The normalized spacial score (nSPS) is 10.5. The van der Waals surface area contributed by atoms with E-state index in [9.17, 15) is 9.59 Å². The van der Waals surface area contributed by atoms with Crippen LogP contribution in [-0.2, 0) is 4.74 Å². The van der Waals surface area contributed by atoms with Gasteiger partial charge in [0.15, 0.2) is 0 Å². The van der Waals surface area contributed by atoms with Crippen molar-refractivity contribution in [1.82, 2.24) is 19.8 Å². The summed E-state index contributed by atoms with van der Waals surface area (Å²) in [6.07, 6.45) is 1.42. The van der Waals surface area contributed by atoms with Gasteiger partial charge in [-0.3, -0.25) is 4.79 Å². The molecule has 3 aromatic rings. The highest BCUT2D eigenvalue weighted by atomic mass is 32.1. The molecule has 0 aliphatic carbocycles. The van der Waals surface area contributed by atoms with Crippen molar-refractivity contribution in [3.8, 4) is 0 Å². The maximum atomic E-state index is 12.0. The molecule has 0 fully saturated rings. The van der Waals surface area contributed by atoms with E-state index < -0.39 is 5.97 Å². The van der Waals surface area contributed by atoms with E-state index in [1.807, 2.05) is 0 Å². The number of rotatable bonds is 3. The molecule has 21 heavy (non-hydrogen) atoms. The molecule has 0 spiro atoms. The van der Waals surface area contributed by atoms with Gasteiger partial charge in [0.2, 0.25) is 9.97 Å². The van der Waals surface area contributed by atoms with E-state index in [1.54, 1.807) is 24.3 Å². The average Bonchev–Trinajstić information content (AvgIpc) is 3.08. The fourth-order valence-electron chi connectivity index (χ4n) is 1.64. The minimum Gasteiger partial charge on any atom is -0.465 e. The maximum Gasteiger partial charge on any atom is 0.337 e. The first-order chi connectivity index (χ1) is 10.2. The summed E-state index contributed by atoms with van der Waals surface area (Å²) < 4.78 is 6.03. The number of anilines is 1. The zero-order chi connectivity index (χ0) is 14.8. The van der Waals surface area contributed by atoms with Crippen molar-refractivity contribution in [2.24, 2.45) is 0 Å². The smallest absolute Gasteiger partial charge is 0.337 e. The Balaban J connectivity index is 1.75. The number of benzene rings is 1. The maximum absolute atomic E-state index is 12.0. The standard InChI is InChI=1S/C12H9N5O3S/c1-20-11(19)7-2-4-8(5-3-7)14-9(18)10-16-17-6-13-15-12(17)21-10/h2-6H,1H3,(H,14,18). The lowest BCUT2D eigenvalue weighted by atomic mass is 10.2. The molecule has 2 heterocycles. The molecule has 0 aliphatic heterocycles. The Morgan fingerprint density at radius 3 is 2.71 bits per heavy atom. The van der Waals surface area contributed by atoms with Crippen LogP contribution >= 0.6 is 11.3 Å². The molecule has 0 radical (unpaired) electrons. The Bertz CT molecular complexity index is 779. The summed E-state index contributed by atoms with van der Waals surface area (Å²) >= 11 is 1.14. The van der Waals surface area contributed by atoms with E-state index >= 15 is 0 Å². The number of methoxy groups -OCH3 is 1. The monoisotopic (exact) mass is 303 g/mol. The molecule has 0 saturated carbocycles. The van der Waals surface area contributed by atoms with Crippen LogP contribution in [0, 0.1) is 0 Å². The average molecular weight is 303 g/mol. The zero-order valence-electron chi connectivity index (χ0n) is 10.8. The molecular weight excluding hydrogens is 294 g/mol. The third-order valence-electron chi connectivity index (χ3n) is 2.64. The summed E-state index contributed by atoms with van der Waals surface area (Å²) in [7, 11) is 1.31. The summed E-state index contributed by atoms with van der Waals surface area (Å²) in [6.45, 7) is 0. The lowest BCUT2D eigenvalue weighted by molar-refractivity contribution is 0.0600. The topological polar surface area (TPSA) is 98.5 Å². The number of carbonyl (C=O) groups excluding carboxylic acids is 2. The van der Waals surface area contributed by atoms with Gasteiger partial charge in [-0.2, -0.15) is 4.52 Å². The number of hydrogen-bond acceptors (Lipinski definition) is 7. The lowest BCUT2D eigenvalue weighted by Crippen LogP contribution is -2.12. The molecule has 0 aliphatic rings. The summed E-state index contributed by atoms with van der Waals surface area (Å²) in [5.41, 5.74) is 0.966. The van der Waals surface area contributed by atoms with Crippen LogP contribution in [-0.4, -0.2) is 38.8 Å². The lowest BCUT2D eigenvalue weighted by Gasteiger charge is -2.03. The molecule has 8 nitrogen and oxygen atoms in total. The van der Waals surface area contributed by atoms with Gasteiger partial charge < -0.3 is 10.1 Å². The molecule has 106 valence electrons. The van der Waals surface area contributed by atoms with Gasteiger partial charge >= 0.3 is 5.97 Å². The van der Waals surface area contributed by atoms with Crippen LogP contribution in [0.2, 0.25) is 0 Å². The van der Waals surface area contributed by atoms with Gasteiger partial charge in [0.05, 0.1) is 12.7 Å². The molecule has 1 amide bonds. The highest BCUT2D eigenvalue weighted by molar-refractivity contribution is 7.18. The number of carbonyl (C=O) groups is 2. The number of nitrogens with one attached hydrogen (secondary N) is 1. The van der Waals surface area contributed by atoms with E-state index in [0.29, 0.717) is 16.2 Å². The highest BCUT2D eigenvalue weighted by Gasteiger charge is 2.14. The Kier molecular flexibility index (Phi) is 3.32. The second kappa shape index (κ2) is 5.29. The van der Waals surface area contributed by atoms with Crippen LogP contribution in [0.15, 0.2) is 30.6 Å². The van der Waals surface area contributed by atoms with Crippen molar-refractivity contribution in [3.63, 3.8) is 0 Å². The van der Waals surface area contributed by atoms with Crippen LogP contribution in [0.25, 0.3) is 4.96 Å². The first-order valence-corrected chi connectivity index (χ1v) is 6.65. The molecular formula is C12H9N5O3S. The Hall–Kier alpha value is -2.81. The van der Waals surface area contributed by atoms with Gasteiger partial charge in [-0.25, -0.2) is 4.79 Å². The minimum absolute atomic E-state index is 0.275. The Morgan fingerprint density at radius 2 is 2.05 bits per heavy atom. The van der Waals surface area contributed by atoms with E-state index in [0.717, 1.165) is 11.3 Å². The van der Waals surface area contributed by atoms with Gasteiger partial charge in [0.1, 0.15) is 6.33 Å². The number of esters is 1. The predicted octanol–water partition coefficient (Wildman–Crippen LogP) is 1.22. The van der Waals surface area contributed by atoms with Gasteiger partial charge in [0, 0.05) is 5.69 Å². The molecule has 3 rings (SSSR count). The Labute approximate surface area is 122 Å². The van der Waals surface area contributed by atoms with Crippen LogP contribution in [0.3, 0.4) is 0 Å². The third kappa shape index (κ3) is 2.58. The second-order valence-electron chi connectivity index (χ2n) is 3.99. The van der Waals surface area contributed by atoms with Crippen molar-refractivity contribution in [2.75, 3.05) is 12.4 Å². The number of aromatic nitrogens is 4. The molecule has 1 N–H and O–H groups in total. The molecule has 0 atom stereocenters. The van der Waals surface area contributed by atoms with E-state index in [-0.39, 0.29) is 10.9 Å². The first-order valence-electron chi connectivity index (χ1n) is 5.84. The van der Waals surface area contributed by atoms with E-state index in [4.69, 9.17) is 0 Å². The van der Waals surface area contributed by atoms with Crippen molar-refractivity contribution in [3.05, 3.63) is 41.2 Å². The largest absolute Gasteiger partial charge is 0.465 e. The summed E-state index contributed by atoms with van der Waals surface area (Å²) in [5, 5.41) is 14.5. The SMILES string of the molecule is COC(=O)c1ccc(NC(=O)c2nn3cnnc3s2)cc1. The number of hydrogen-bond donors (Lipinski definition) is 1. The van der Waals surface area contributed by atoms with E-state index in [1.165, 1.54) is 18.0 Å². The van der Waals surface area contributed by atoms with Crippen molar-refractivity contribution in [2.45, 2.75) is 0 Å². The quantitative estimate of drug-likeness (QED) is 0.731. The van der Waals surface area contributed by atoms with Crippen molar-refractivity contribution < 1.29 is 14.3 Å². The van der Waals surface area contributed by atoms with Gasteiger partial charge in [-0.05, 0) is 24.3 Å². The number of nitrogens with zero attached hydrogens (tertiary/aromatic N) is 4. The highest BCUT2D eigenvalue weighted by Crippen LogP contribution is 2.15. The number of ether oxygens (including phenoxy) is 1. The molecule has 0 unspecified atom stereocenters. The fraction of sp³-hybridized carbons (Fsp3) is 0.0833. The number of fused-ring (bicyclic) bond motifs is 1. The summed E-state index contributed by atoms with van der Waals surface area (Å²) in [4.78, 5) is 23.9. The van der Waals surface area contributed by atoms with Gasteiger partial charge in [-0.15, -0.1) is 15.3 Å². The van der Waals surface area contributed by atoms with Gasteiger partial charge in [0.25, 0.3) is 5.91 Å². The predicted molar refractivity (Wildman–Crippen MR) is 74.4 cm³/mol. The molecule has 0 saturated heterocycles. The molecule has 0 bridgehead atoms.